The molecule has 0 saturated carbocycles. The molecular weight excluding hydrogens is 378 g/mol. The van der Waals surface area contributed by atoms with Crippen molar-refractivity contribution in [3.8, 4) is 11.6 Å². The van der Waals surface area contributed by atoms with Crippen molar-refractivity contribution < 1.29 is 17.9 Å². The number of fused-ring (bicyclic) bond motifs is 2. The summed E-state index contributed by atoms with van der Waals surface area (Å²) in [6.07, 6.45) is 2.69. The van der Waals surface area contributed by atoms with Gasteiger partial charge in [0.2, 0.25) is 15.9 Å². The molecule has 0 N–H and O–H groups in total. The van der Waals surface area contributed by atoms with Crippen LogP contribution in [-0.2, 0) is 16.4 Å². The minimum Gasteiger partial charge on any atom is -0.493 e. The van der Waals surface area contributed by atoms with Crippen LogP contribution in [0.4, 0.5) is 0 Å². The molecule has 1 unspecified atom stereocenters. The molecule has 28 heavy (non-hydrogen) atoms. The molecule has 0 aliphatic carbocycles. The molecule has 1 saturated heterocycles. The highest BCUT2D eigenvalue weighted by atomic mass is 32.2. The van der Waals surface area contributed by atoms with Crippen LogP contribution >= 0.6 is 0 Å². The lowest BCUT2D eigenvalue weighted by molar-refractivity contribution is 0.207. The molecule has 0 spiro atoms. The number of ether oxygens (including phenoxy) is 2. The minimum absolute atomic E-state index is 0.247. The Morgan fingerprint density at radius 1 is 1.14 bits per heavy atom. The Balaban J connectivity index is 1.32. The zero-order valence-corrected chi connectivity index (χ0v) is 15.9. The smallest absolute Gasteiger partial charge is 0.243 e. The fourth-order valence-electron chi connectivity index (χ4n) is 3.65. The second-order valence-electron chi connectivity index (χ2n) is 6.96. The molecule has 1 atom stereocenters. The third kappa shape index (κ3) is 3.08. The zero-order chi connectivity index (χ0) is 19.1. The van der Waals surface area contributed by atoms with Gasteiger partial charge in [-0.1, -0.05) is 12.1 Å². The third-order valence-corrected chi connectivity index (χ3v) is 6.98. The van der Waals surface area contributed by atoms with Gasteiger partial charge in [-0.05, 0) is 42.3 Å². The summed E-state index contributed by atoms with van der Waals surface area (Å²) in [5.74, 6) is 1.19. The summed E-state index contributed by atoms with van der Waals surface area (Å²) < 4.78 is 38.9. The number of hydrogen-bond donors (Lipinski definition) is 0. The SMILES string of the molecule is O=S(=O)(c1ccc2c(c1)CCO2)N1CCC(Oc2cnc3ccccc3n2)C1. The highest BCUT2D eigenvalue weighted by molar-refractivity contribution is 7.89. The fraction of sp³-hybridized carbons (Fsp3) is 0.300. The van der Waals surface area contributed by atoms with Crippen LogP contribution in [0, 0.1) is 0 Å². The van der Waals surface area contributed by atoms with Gasteiger partial charge in [-0.3, -0.25) is 0 Å². The van der Waals surface area contributed by atoms with Crippen LogP contribution in [0.1, 0.15) is 12.0 Å². The van der Waals surface area contributed by atoms with Crippen LogP contribution in [0.15, 0.2) is 53.6 Å². The number of nitrogens with zero attached hydrogens (tertiary/aromatic N) is 3. The van der Waals surface area contributed by atoms with E-state index in [-0.39, 0.29) is 6.10 Å². The van der Waals surface area contributed by atoms with Crippen molar-refractivity contribution in [1.82, 2.24) is 14.3 Å². The van der Waals surface area contributed by atoms with Crippen molar-refractivity contribution in [1.29, 1.82) is 0 Å². The first-order valence-corrected chi connectivity index (χ1v) is 10.7. The Labute approximate surface area is 163 Å². The maximum Gasteiger partial charge on any atom is 0.243 e. The van der Waals surface area contributed by atoms with Crippen LogP contribution in [0.5, 0.6) is 11.6 Å². The van der Waals surface area contributed by atoms with Crippen molar-refractivity contribution in [2.75, 3.05) is 19.7 Å². The standard InChI is InChI=1S/C20H19N3O4S/c24-28(25,16-5-6-19-14(11-16)8-10-26-19)23-9-7-15(13-23)27-20-12-21-17-3-1-2-4-18(17)22-20/h1-6,11-12,15H,7-10,13H2. The van der Waals surface area contributed by atoms with Gasteiger partial charge in [0.1, 0.15) is 11.9 Å². The van der Waals surface area contributed by atoms with E-state index in [0.717, 1.165) is 28.8 Å². The lowest BCUT2D eigenvalue weighted by Gasteiger charge is -2.17. The quantitative estimate of drug-likeness (QED) is 0.672. The van der Waals surface area contributed by atoms with Crippen molar-refractivity contribution in [2.45, 2.75) is 23.8 Å². The van der Waals surface area contributed by atoms with Crippen molar-refractivity contribution >= 4 is 21.1 Å². The summed E-state index contributed by atoms with van der Waals surface area (Å²) in [6.45, 7) is 1.32. The van der Waals surface area contributed by atoms with E-state index >= 15 is 0 Å². The summed E-state index contributed by atoms with van der Waals surface area (Å²) in [6, 6.07) is 12.6. The van der Waals surface area contributed by atoms with E-state index in [1.165, 1.54) is 4.31 Å². The molecule has 2 aromatic carbocycles. The molecule has 1 aromatic heterocycles. The lowest BCUT2D eigenvalue weighted by atomic mass is 10.2. The third-order valence-electron chi connectivity index (χ3n) is 5.12. The highest BCUT2D eigenvalue weighted by Gasteiger charge is 2.34. The summed E-state index contributed by atoms with van der Waals surface area (Å²) in [5, 5.41) is 0. The number of aromatic nitrogens is 2. The van der Waals surface area contributed by atoms with Gasteiger partial charge in [-0.15, -0.1) is 0 Å². The van der Waals surface area contributed by atoms with Gasteiger partial charge < -0.3 is 9.47 Å². The molecule has 2 aliphatic rings. The number of sulfonamides is 1. The van der Waals surface area contributed by atoms with Crippen molar-refractivity contribution in [3.63, 3.8) is 0 Å². The van der Waals surface area contributed by atoms with Gasteiger partial charge >= 0.3 is 0 Å². The van der Waals surface area contributed by atoms with Gasteiger partial charge in [0.25, 0.3) is 0 Å². The predicted molar refractivity (Wildman–Crippen MR) is 103 cm³/mol. The van der Waals surface area contributed by atoms with E-state index in [1.807, 2.05) is 24.3 Å². The first-order chi connectivity index (χ1) is 13.6. The molecule has 2 aliphatic heterocycles. The molecule has 0 amide bonds. The average molecular weight is 397 g/mol. The topological polar surface area (TPSA) is 81.6 Å². The molecule has 0 radical (unpaired) electrons. The Morgan fingerprint density at radius 3 is 2.89 bits per heavy atom. The van der Waals surface area contributed by atoms with Gasteiger partial charge in [0.15, 0.2) is 0 Å². The Morgan fingerprint density at radius 2 is 2.00 bits per heavy atom. The van der Waals surface area contributed by atoms with Gasteiger partial charge in [-0.2, -0.15) is 4.31 Å². The van der Waals surface area contributed by atoms with E-state index < -0.39 is 10.0 Å². The maximum atomic E-state index is 13.0. The molecule has 8 heteroatoms. The van der Waals surface area contributed by atoms with Crippen LogP contribution in [0.2, 0.25) is 0 Å². The van der Waals surface area contributed by atoms with E-state index in [2.05, 4.69) is 9.97 Å². The second-order valence-corrected chi connectivity index (χ2v) is 8.89. The minimum atomic E-state index is -3.56. The number of benzene rings is 2. The molecule has 3 aromatic rings. The van der Waals surface area contributed by atoms with E-state index in [0.29, 0.717) is 36.9 Å². The fourth-order valence-corrected chi connectivity index (χ4v) is 5.19. The molecule has 5 rings (SSSR count). The van der Waals surface area contributed by atoms with E-state index in [1.54, 1.807) is 24.4 Å². The number of para-hydroxylation sites is 2. The summed E-state index contributed by atoms with van der Waals surface area (Å²) >= 11 is 0. The van der Waals surface area contributed by atoms with Gasteiger partial charge in [-0.25, -0.2) is 18.4 Å². The molecule has 7 nitrogen and oxygen atoms in total. The lowest BCUT2D eigenvalue weighted by Crippen LogP contribution is -2.31. The van der Waals surface area contributed by atoms with Crippen LogP contribution in [-0.4, -0.2) is 48.5 Å². The maximum absolute atomic E-state index is 13.0. The molecule has 3 heterocycles. The van der Waals surface area contributed by atoms with Crippen LogP contribution in [0.25, 0.3) is 11.0 Å². The average Bonchev–Trinajstić information content (AvgIpc) is 3.37. The Bertz CT molecular complexity index is 1150. The van der Waals surface area contributed by atoms with E-state index in [4.69, 9.17) is 9.47 Å². The molecule has 144 valence electrons. The molecular formula is C20H19N3O4S. The largest absolute Gasteiger partial charge is 0.493 e. The summed E-state index contributed by atoms with van der Waals surface area (Å²) in [5.41, 5.74) is 2.49. The number of hydrogen-bond acceptors (Lipinski definition) is 6. The Kier molecular flexibility index (Phi) is 4.17. The first-order valence-electron chi connectivity index (χ1n) is 9.24. The first kappa shape index (κ1) is 17.4. The van der Waals surface area contributed by atoms with Gasteiger partial charge in [0, 0.05) is 13.0 Å². The van der Waals surface area contributed by atoms with Crippen LogP contribution < -0.4 is 9.47 Å². The van der Waals surface area contributed by atoms with Crippen LogP contribution in [0.3, 0.4) is 0 Å². The predicted octanol–water partition coefficient (Wildman–Crippen LogP) is 2.41. The van der Waals surface area contributed by atoms with Crippen molar-refractivity contribution in [2.24, 2.45) is 0 Å². The highest BCUT2D eigenvalue weighted by Crippen LogP contribution is 2.30. The second kappa shape index (κ2) is 6.72. The summed E-state index contributed by atoms with van der Waals surface area (Å²) in [4.78, 5) is 9.11. The van der Waals surface area contributed by atoms with E-state index in [9.17, 15) is 8.42 Å². The zero-order valence-electron chi connectivity index (χ0n) is 15.1. The monoisotopic (exact) mass is 397 g/mol. The van der Waals surface area contributed by atoms with Crippen molar-refractivity contribution in [3.05, 3.63) is 54.2 Å². The summed E-state index contributed by atoms with van der Waals surface area (Å²) in [7, 11) is -3.56. The molecule has 0 bridgehead atoms. The molecule has 1 fully saturated rings. The van der Waals surface area contributed by atoms with Gasteiger partial charge in [0.05, 0.1) is 35.3 Å². The normalized spacial score (nSPS) is 19.5. The number of rotatable bonds is 4. The Hall–Kier alpha value is -2.71.